The van der Waals surface area contributed by atoms with Gasteiger partial charge in [-0.05, 0) is 34.7 Å². The van der Waals surface area contributed by atoms with E-state index in [1.807, 2.05) is 30.3 Å². The third kappa shape index (κ3) is 4.91. The molecule has 1 amide bonds. The number of carbonyl (C=O) groups is 1. The van der Waals surface area contributed by atoms with Gasteiger partial charge >= 0.3 is 0 Å². The summed E-state index contributed by atoms with van der Waals surface area (Å²) in [4.78, 5) is 12.3. The van der Waals surface area contributed by atoms with E-state index in [0.29, 0.717) is 24.6 Å². The highest BCUT2D eigenvalue weighted by Gasteiger charge is 2.11. The first kappa shape index (κ1) is 18.2. The summed E-state index contributed by atoms with van der Waals surface area (Å²) in [5.41, 5.74) is 10.1. The monoisotopic (exact) mass is 326 g/mol. The van der Waals surface area contributed by atoms with Crippen LogP contribution in [0.25, 0.3) is 0 Å². The van der Waals surface area contributed by atoms with Gasteiger partial charge in [0.05, 0.1) is 6.61 Å². The lowest BCUT2D eigenvalue weighted by molar-refractivity contribution is 0.0951. The maximum absolute atomic E-state index is 12.3. The Hall–Kier alpha value is -2.17. The molecule has 0 spiro atoms. The van der Waals surface area contributed by atoms with Crippen LogP contribution in [0.1, 0.15) is 52.9 Å². The Labute approximate surface area is 144 Å². The zero-order valence-electron chi connectivity index (χ0n) is 14.6. The zero-order valence-corrected chi connectivity index (χ0v) is 14.6. The average molecular weight is 326 g/mol. The summed E-state index contributed by atoms with van der Waals surface area (Å²) in [6.07, 6.45) is 0. The number of benzene rings is 2. The van der Waals surface area contributed by atoms with Crippen molar-refractivity contribution in [1.29, 1.82) is 0 Å². The topological polar surface area (TPSA) is 64.3 Å². The summed E-state index contributed by atoms with van der Waals surface area (Å²) in [5, 5.41) is 2.90. The van der Waals surface area contributed by atoms with Crippen molar-refractivity contribution in [3.63, 3.8) is 0 Å². The van der Waals surface area contributed by atoms with Crippen LogP contribution in [0.15, 0.2) is 48.5 Å². The highest BCUT2D eigenvalue weighted by Crippen LogP contribution is 2.17. The van der Waals surface area contributed by atoms with Crippen LogP contribution in [0.5, 0.6) is 0 Å². The summed E-state index contributed by atoms with van der Waals surface area (Å²) in [6.45, 7) is 5.21. The van der Waals surface area contributed by atoms with E-state index in [1.165, 1.54) is 5.56 Å². The maximum Gasteiger partial charge on any atom is 0.251 e. The molecule has 2 rings (SSSR count). The molecular formula is C20H26N2O2. The van der Waals surface area contributed by atoms with Crippen LogP contribution in [0, 0.1) is 0 Å². The van der Waals surface area contributed by atoms with Crippen molar-refractivity contribution in [2.45, 2.75) is 32.4 Å². The van der Waals surface area contributed by atoms with E-state index in [2.05, 4.69) is 31.3 Å². The molecule has 3 N–H and O–H groups in total. The van der Waals surface area contributed by atoms with Gasteiger partial charge in [-0.3, -0.25) is 4.79 Å². The van der Waals surface area contributed by atoms with Crippen LogP contribution in [-0.2, 0) is 11.3 Å². The number of nitrogens with one attached hydrogen (secondary N) is 1. The van der Waals surface area contributed by atoms with Gasteiger partial charge in [0.15, 0.2) is 0 Å². The molecule has 0 bridgehead atoms. The Balaban J connectivity index is 1.94. The van der Waals surface area contributed by atoms with Crippen LogP contribution >= 0.6 is 0 Å². The first-order valence-electron chi connectivity index (χ1n) is 8.22. The zero-order chi connectivity index (χ0) is 17.5. The van der Waals surface area contributed by atoms with E-state index < -0.39 is 0 Å². The third-order valence-electron chi connectivity index (χ3n) is 4.01. The summed E-state index contributed by atoms with van der Waals surface area (Å²) in [5.74, 6) is 0.372. The Morgan fingerprint density at radius 3 is 2.42 bits per heavy atom. The molecule has 0 heterocycles. The molecule has 128 valence electrons. The van der Waals surface area contributed by atoms with Crippen molar-refractivity contribution < 1.29 is 9.53 Å². The van der Waals surface area contributed by atoms with Gasteiger partial charge in [-0.1, -0.05) is 50.2 Å². The van der Waals surface area contributed by atoms with Crippen LogP contribution < -0.4 is 11.1 Å². The lowest BCUT2D eigenvalue weighted by Crippen LogP contribution is -2.31. The number of rotatable bonds is 7. The molecule has 24 heavy (non-hydrogen) atoms. The van der Waals surface area contributed by atoms with Crippen LogP contribution in [0.4, 0.5) is 0 Å². The summed E-state index contributed by atoms with van der Waals surface area (Å²) in [7, 11) is 1.64. The SMILES string of the molecule is COCc1cccc(C(=O)NCC(N)c2ccc(C(C)C)cc2)c1. The first-order valence-corrected chi connectivity index (χ1v) is 8.22. The van der Waals surface area contributed by atoms with Gasteiger partial charge in [-0.15, -0.1) is 0 Å². The normalized spacial score (nSPS) is 12.2. The van der Waals surface area contributed by atoms with E-state index in [4.69, 9.17) is 10.5 Å². The Kier molecular flexibility index (Phi) is 6.53. The van der Waals surface area contributed by atoms with Crippen LogP contribution in [-0.4, -0.2) is 19.6 Å². The fourth-order valence-electron chi connectivity index (χ4n) is 2.52. The number of hydrogen-bond acceptors (Lipinski definition) is 3. The quantitative estimate of drug-likeness (QED) is 0.820. The smallest absolute Gasteiger partial charge is 0.251 e. The van der Waals surface area contributed by atoms with Crippen LogP contribution in [0.3, 0.4) is 0 Å². The second-order valence-corrected chi connectivity index (χ2v) is 6.27. The molecule has 0 radical (unpaired) electrons. The molecule has 0 aliphatic heterocycles. The predicted molar refractivity (Wildman–Crippen MR) is 96.9 cm³/mol. The van der Waals surface area contributed by atoms with E-state index in [1.54, 1.807) is 13.2 Å². The van der Waals surface area contributed by atoms with Gasteiger partial charge in [-0.2, -0.15) is 0 Å². The van der Waals surface area contributed by atoms with E-state index in [-0.39, 0.29) is 11.9 Å². The molecule has 2 aromatic carbocycles. The first-order chi connectivity index (χ1) is 11.5. The summed E-state index contributed by atoms with van der Waals surface area (Å²) >= 11 is 0. The molecule has 0 aromatic heterocycles. The average Bonchev–Trinajstić information content (AvgIpc) is 2.60. The largest absolute Gasteiger partial charge is 0.380 e. The minimum atomic E-state index is -0.225. The number of amides is 1. The predicted octanol–water partition coefficient (Wildman–Crippen LogP) is 3.39. The highest BCUT2D eigenvalue weighted by atomic mass is 16.5. The van der Waals surface area contributed by atoms with Gasteiger partial charge in [0.2, 0.25) is 0 Å². The van der Waals surface area contributed by atoms with Crippen molar-refractivity contribution in [3.05, 3.63) is 70.8 Å². The molecule has 1 atom stereocenters. The van der Waals surface area contributed by atoms with Gasteiger partial charge in [0.1, 0.15) is 0 Å². The minimum absolute atomic E-state index is 0.123. The summed E-state index contributed by atoms with van der Waals surface area (Å²) < 4.78 is 5.09. The molecule has 0 saturated heterocycles. The molecule has 2 aromatic rings. The molecule has 0 aliphatic rings. The van der Waals surface area contributed by atoms with Crippen LogP contribution in [0.2, 0.25) is 0 Å². The van der Waals surface area contributed by atoms with Gasteiger partial charge in [-0.25, -0.2) is 0 Å². The van der Waals surface area contributed by atoms with Gasteiger partial charge in [0, 0.05) is 25.3 Å². The number of nitrogens with two attached hydrogens (primary N) is 1. The van der Waals surface area contributed by atoms with E-state index in [9.17, 15) is 4.79 Å². The molecule has 4 heteroatoms. The molecule has 1 unspecified atom stereocenters. The third-order valence-corrected chi connectivity index (χ3v) is 4.01. The summed E-state index contributed by atoms with van der Waals surface area (Å²) in [6, 6.07) is 15.4. The minimum Gasteiger partial charge on any atom is -0.380 e. The van der Waals surface area contributed by atoms with Crippen molar-refractivity contribution in [2.75, 3.05) is 13.7 Å². The van der Waals surface area contributed by atoms with Crippen molar-refractivity contribution in [1.82, 2.24) is 5.32 Å². The second kappa shape index (κ2) is 8.62. The standard InChI is InChI=1S/C20H26N2O2/c1-14(2)16-7-9-17(10-8-16)19(21)12-22-20(23)18-6-4-5-15(11-18)13-24-3/h4-11,14,19H,12-13,21H2,1-3H3,(H,22,23). The van der Waals surface area contributed by atoms with Crippen molar-refractivity contribution in [2.24, 2.45) is 5.73 Å². The molecule has 0 fully saturated rings. The van der Waals surface area contributed by atoms with E-state index >= 15 is 0 Å². The fourth-order valence-corrected chi connectivity index (χ4v) is 2.52. The fraction of sp³-hybridized carbons (Fsp3) is 0.350. The second-order valence-electron chi connectivity index (χ2n) is 6.27. The Morgan fingerprint density at radius 2 is 1.79 bits per heavy atom. The van der Waals surface area contributed by atoms with Gasteiger partial charge in [0.25, 0.3) is 5.91 Å². The Morgan fingerprint density at radius 1 is 1.12 bits per heavy atom. The van der Waals surface area contributed by atoms with Crippen molar-refractivity contribution in [3.8, 4) is 0 Å². The molecule has 0 aliphatic carbocycles. The number of hydrogen-bond donors (Lipinski definition) is 2. The lowest BCUT2D eigenvalue weighted by atomic mass is 9.99. The number of ether oxygens (including phenoxy) is 1. The van der Waals surface area contributed by atoms with Gasteiger partial charge < -0.3 is 15.8 Å². The maximum atomic E-state index is 12.3. The number of methoxy groups -OCH3 is 1. The number of carbonyl (C=O) groups excluding carboxylic acids is 1. The molecule has 4 nitrogen and oxygen atoms in total. The molecular weight excluding hydrogens is 300 g/mol. The molecule has 0 saturated carbocycles. The van der Waals surface area contributed by atoms with E-state index in [0.717, 1.165) is 11.1 Å². The lowest BCUT2D eigenvalue weighted by Gasteiger charge is -2.15. The Bertz CT molecular complexity index is 666. The van der Waals surface area contributed by atoms with Crippen molar-refractivity contribution >= 4 is 5.91 Å². The highest BCUT2D eigenvalue weighted by molar-refractivity contribution is 5.94.